The summed E-state index contributed by atoms with van der Waals surface area (Å²) in [5.74, 6) is -0.843. The molecule has 0 atom stereocenters. The Balaban J connectivity index is 1.51. The van der Waals surface area contributed by atoms with Crippen molar-refractivity contribution in [1.82, 2.24) is 9.80 Å². The van der Waals surface area contributed by atoms with Gasteiger partial charge in [-0.1, -0.05) is 0 Å². The van der Waals surface area contributed by atoms with Gasteiger partial charge < -0.3 is 14.9 Å². The van der Waals surface area contributed by atoms with Gasteiger partial charge in [0.25, 0.3) is 0 Å². The summed E-state index contributed by atoms with van der Waals surface area (Å²) in [4.78, 5) is 38.7. The molecule has 3 heterocycles. The second-order valence-corrected chi connectivity index (χ2v) is 7.94. The van der Waals surface area contributed by atoms with Gasteiger partial charge in [-0.25, -0.2) is 0 Å². The topological polar surface area (TPSA) is 77.9 Å². The molecule has 1 aromatic heterocycles. The minimum Gasteiger partial charge on any atom is -0.480 e. The van der Waals surface area contributed by atoms with E-state index < -0.39 is 5.97 Å². The summed E-state index contributed by atoms with van der Waals surface area (Å²) in [6.07, 6.45) is 4.23. The van der Waals surface area contributed by atoms with Crippen LogP contribution >= 0.6 is 11.3 Å². The van der Waals surface area contributed by atoms with Gasteiger partial charge in [0.1, 0.15) is 6.54 Å². The lowest BCUT2D eigenvalue weighted by Crippen LogP contribution is -2.53. The molecule has 0 aromatic carbocycles. The van der Waals surface area contributed by atoms with E-state index in [1.54, 1.807) is 11.3 Å². The third kappa shape index (κ3) is 4.39. The predicted octanol–water partition coefficient (Wildman–Crippen LogP) is 2.00. The maximum absolute atomic E-state index is 12.4. The van der Waals surface area contributed by atoms with Crippen LogP contribution in [0.3, 0.4) is 0 Å². The van der Waals surface area contributed by atoms with Crippen molar-refractivity contribution < 1.29 is 19.5 Å². The zero-order chi connectivity index (χ0) is 17.9. The zero-order valence-electron chi connectivity index (χ0n) is 14.3. The van der Waals surface area contributed by atoms with E-state index in [1.807, 2.05) is 10.3 Å². The highest BCUT2D eigenvalue weighted by atomic mass is 32.1. The fourth-order valence-electron chi connectivity index (χ4n) is 3.89. The SMILES string of the molecule is O=C(O)CN1CC2(CCC1=O)CCN(C(=O)CCc1ccsc1)CC2. The highest BCUT2D eigenvalue weighted by Crippen LogP contribution is 2.40. The second kappa shape index (κ2) is 7.56. The lowest BCUT2D eigenvalue weighted by atomic mass is 9.72. The standard InChI is InChI=1S/C18H24N2O4S/c21-15(2-1-14-4-10-25-12-14)19-8-6-18(7-9-19)5-3-16(22)20(13-18)11-17(23)24/h4,10,12H,1-3,5-9,11,13H2,(H,23,24). The Kier molecular flexibility index (Phi) is 5.42. The quantitative estimate of drug-likeness (QED) is 0.867. The molecule has 6 nitrogen and oxygen atoms in total. The molecule has 2 amide bonds. The largest absolute Gasteiger partial charge is 0.480 e. The molecule has 3 rings (SSSR count). The third-order valence-corrected chi connectivity index (χ3v) is 6.19. The van der Waals surface area contributed by atoms with Crippen molar-refractivity contribution in [1.29, 1.82) is 0 Å². The van der Waals surface area contributed by atoms with Crippen molar-refractivity contribution in [2.45, 2.75) is 38.5 Å². The van der Waals surface area contributed by atoms with Crippen LogP contribution in [0.2, 0.25) is 0 Å². The first-order valence-corrected chi connectivity index (χ1v) is 9.70. The Hall–Kier alpha value is -1.89. The average Bonchev–Trinajstić information content (AvgIpc) is 3.10. The van der Waals surface area contributed by atoms with Gasteiger partial charge in [0.05, 0.1) is 0 Å². The Morgan fingerprint density at radius 1 is 1.24 bits per heavy atom. The van der Waals surface area contributed by atoms with Crippen LogP contribution in [0.25, 0.3) is 0 Å². The molecule has 1 aromatic rings. The van der Waals surface area contributed by atoms with Crippen molar-refractivity contribution in [2.75, 3.05) is 26.2 Å². The van der Waals surface area contributed by atoms with E-state index in [9.17, 15) is 14.4 Å². The summed E-state index contributed by atoms with van der Waals surface area (Å²) in [5, 5.41) is 13.1. The molecule has 0 unspecified atom stereocenters. The molecule has 0 bridgehead atoms. The highest BCUT2D eigenvalue weighted by molar-refractivity contribution is 7.07. The minimum atomic E-state index is -0.966. The number of thiophene rings is 1. The molecule has 25 heavy (non-hydrogen) atoms. The van der Waals surface area contributed by atoms with Crippen LogP contribution in [-0.4, -0.2) is 58.9 Å². The molecule has 2 aliphatic rings. The molecule has 1 N–H and O–H groups in total. The number of hydrogen-bond acceptors (Lipinski definition) is 4. The first-order chi connectivity index (χ1) is 12.0. The van der Waals surface area contributed by atoms with Crippen molar-refractivity contribution in [3.8, 4) is 0 Å². The Morgan fingerprint density at radius 2 is 2.00 bits per heavy atom. The van der Waals surface area contributed by atoms with E-state index in [0.717, 1.165) is 25.7 Å². The third-order valence-electron chi connectivity index (χ3n) is 5.46. The van der Waals surface area contributed by atoms with Gasteiger partial charge in [-0.2, -0.15) is 11.3 Å². The number of carboxylic acids is 1. The fraction of sp³-hybridized carbons (Fsp3) is 0.611. The summed E-state index contributed by atoms with van der Waals surface area (Å²) >= 11 is 1.65. The number of aliphatic carboxylic acids is 1. The first kappa shape index (κ1) is 17.9. The summed E-state index contributed by atoms with van der Waals surface area (Å²) in [6, 6.07) is 2.05. The average molecular weight is 364 g/mol. The number of rotatable bonds is 5. The van der Waals surface area contributed by atoms with Gasteiger partial charge in [0.15, 0.2) is 0 Å². The number of hydrogen-bond donors (Lipinski definition) is 1. The number of piperidine rings is 2. The van der Waals surface area contributed by atoms with Crippen LogP contribution in [0.5, 0.6) is 0 Å². The molecule has 7 heteroatoms. The number of carboxylic acid groups (broad SMARTS) is 1. The van der Waals surface area contributed by atoms with Crippen LogP contribution in [0.15, 0.2) is 16.8 Å². The van der Waals surface area contributed by atoms with Crippen molar-refractivity contribution in [3.05, 3.63) is 22.4 Å². The van der Waals surface area contributed by atoms with Crippen molar-refractivity contribution in [3.63, 3.8) is 0 Å². The Labute approximate surface area is 151 Å². The van der Waals surface area contributed by atoms with Gasteiger partial charge >= 0.3 is 5.97 Å². The minimum absolute atomic E-state index is 0.0203. The smallest absolute Gasteiger partial charge is 0.323 e. The monoisotopic (exact) mass is 364 g/mol. The number of nitrogens with zero attached hydrogens (tertiary/aromatic N) is 2. The van der Waals surface area contributed by atoms with Crippen LogP contribution in [0.4, 0.5) is 0 Å². The number of carbonyl (C=O) groups is 3. The summed E-state index contributed by atoms with van der Waals surface area (Å²) < 4.78 is 0. The maximum atomic E-state index is 12.4. The van der Waals surface area contributed by atoms with Crippen molar-refractivity contribution in [2.24, 2.45) is 5.41 Å². The maximum Gasteiger partial charge on any atom is 0.323 e. The van der Waals surface area contributed by atoms with Gasteiger partial charge in [-0.3, -0.25) is 14.4 Å². The zero-order valence-corrected chi connectivity index (χ0v) is 15.1. The first-order valence-electron chi connectivity index (χ1n) is 8.76. The van der Waals surface area contributed by atoms with E-state index in [-0.39, 0.29) is 23.8 Å². The summed E-state index contributed by atoms with van der Waals surface area (Å²) in [7, 11) is 0. The highest BCUT2D eigenvalue weighted by Gasteiger charge is 2.41. The molecule has 0 aliphatic carbocycles. The van der Waals surface area contributed by atoms with Crippen LogP contribution in [-0.2, 0) is 20.8 Å². The van der Waals surface area contributed by atoms with Gasteiger partial charge in [0.2, 0.25) is 11.8 Å². The predicted molar refractivity (Wildman–Crippen MR) is 94.3 cm³/mol. The van der Waals surface area contributed by atoms with Gasteiger partial charge in [-0.15, -0.1) is 0 Å². The van der Waals surface area contributed by atoms with E-state index in [1.165, 1.54) is 10.5 Å². The Morgan fingerprint density at radius 3 is 2.64 bits per heavy atom. The number of carbonyl (C=O) groups excluding carboxylic acids is 2. The van der Waals surface area contributed by atoms with Crippen LogP contribution in [0.1, 0.15) is 37.7 Å². The van der Waals surface area contributed by atoms with Gasteiger partial charge in [0, 0.05) is 32.5 Å². The molecule has 1 spiro atoms. The number of likely N-dealkylation sites (tertiary alicyclic amines) is 2. The lowest BCUT2D eigenvalue weighted by Gasteiger charge is -2.47. The summed E-state index contributed by atoms with van der Waals surface area (Å²) in [6.45, 7) is 1.70. The van der Waals surface area contributed by atoms with E-state index in [0.29, 0.717) is 32.5 Å². The van der Waals surface area contributed by atoms with Crippen LogP contribution < -0.4 is 0 Å². The lowest BCUT2D eigenvalue weighted by molar-refractivity contribution is -0.150. The molecule has 2 aliphatic heterocycles. The molecule has 2 saturated heterocycles. The molecular weight excluding hydrogens is 340 g/mol. The molecule has 2 fully saturated rings. The normalized spacial score (nSPS) is 20.1. The molecular formula is C18H24N2O4S. The van der Waals surface area contributed by atoms with Gasteiger partial charge in [-0.05, 0) is 53.5 Å². The fourth-order valence-corrected chi connectivity index (χ4v) is 4.60. The molecule has 136 valence electrons. The van der Waals surface area contributed by atoms with E-state index >= 15 is 0 Å². The van der Waals surface area contributed by atoms with Crippen molar-refractivity contribution >= 4 is 29.1 Å². The summed E-state index contributed by atoms with van der Waals surface area (Å²) in [5.41, 5.74) is 1.19. The Bertz CT molecular complexity index is 636. The van der Waals surface area contributed by atoms with E-state index in [2.05, 4.69) is 11.4 Å². The van der Waals surface area contributed by atoms with Crippen LogP contribution in [0, 0.1) is 5.41 Å². The number of aryl methyl sites for hydroxylation is 1. The molecule has 0 radical (unpaired) electrons. The van der Waals surface area contributed by atoms with E-state index in [4.69, 9.17) is 5.11 Å². The number of amides is 2. The molecule has 0 saturated carbocycles. The second-order valence-electron chi connectivity index (χ2n) is 7.16.